The summed E-state index contributed by atoms with van der Waals surface area (Å²) in [6.45, 7) is 4.97. The predicted octanol–water partition coefficient (Wildman–Crippen LogP) is 3.31. The number of hydrogen-bond donors (Lipinski definition) is 3. The quantitative estimate of drug-likeness (QED) is 0.400. The number of piperazine rings is 1. The van der Waals surface area contributed by atoms with Crippen LogP contribution in [0.3, 0.4) is 0 Å². The monoisotopic (exact) mass is 565 g/mol. The molecule has 10 nitrogen and oxygen atoms in total. The number of aliphatic hydroxyl groups is 1. The minimum atomic E-state index is -0.869. The number of pyridine rings is 2. The fourth-order valence-electron chi connectivity index (χ4n) is 6.51. The lowest BCUT2D eigenvalue weighted by molar-refractivity contribution is -0.163. The topological polar surface area (TPSA) is 128 Å². The van der Waals surface area contributed by atoms with Gasteiger partial charge in [0.2, 0.25) is 11.8 Å². The van der Waals surface area contributed by atoms with E-state index in [0.717, 1.165) is 37.8 Å². The lowest BCUT2D eigenvalue weighted by Gasteiger charge is -2.52. The summed E-state index contributed by atoms with van der Waals surface area (Å²) in [5.41, 5.74) is -0.0825. The summed E-state index contributed by atoms with van der Waals surface area (Å²) in [5, 5.41) is 23.5. The second kappa shape index (κ2) is 12.7. The molecule has 41 heavy (non-hydrogen) atoms. The molecule has 2 amide bonds. The normalized spacial score (nSPS) is 22.5. The summed E-state index contributed by atoms with van der Waals surface area (Å²) < 4.78 is 5.76. The molecule has 10 heteroatoms. The Balaban J connectivity index is 1.18. The molecular formula is C31H43N5O5. The van der Waals surface area contributed by atoms with E-state index in [0.29, 0.717) is 69.7 Å². The van der Waals surface area contributed by atoms with Gasteiger partial charge < -0.3 is 25.2 Å². The molecule has 3 N–H and O–H groups in total. The van der Waals surface area contributed by atoms with E-state index >= 15 is 0 Å². The van der Waals surface area contributed by atoms with Crippen LogP contribution < -0.4 is 10.1 Å². The highest BCUT2D eigenvalue weighted by Crippen LogP contribution is 2.37. The van der Waals surface area contributed by atoms with Crippen molar-refractivity contribution in [3.05, 3.63) is 48.0 Å². The number of aromatic nitrogens is 2. The van der Waals surface area contributed by atoms with Crippen LogP contribution in [-0.4, -0.2) is 78.6 Å². The minimum absolute atomic E-state index is 0.0368. The fraction of sp³-hybridized carbons (Fsp3) is 0.613. The average Bonchev–Trinajstić information content (AvgIpc) is 2.98. The zero-order valence-electron chi connectivity index (χ0n) is 24.1. The Morgan fingerprint density at radius 3 is 2.39 bits per heavy atom. The van der Waals surface area contributed by atoms with E-state index in [2.05, 4.69) is 27.1 Å². The first-order valence-corrected chi connectivity index (χ1v) is 15.1. The molecule has 2 aliphatic heterocycles. The molecule has 0 bridgehead atoms. The van der Waals surface area contributed by atoms with Crippen LogP contribution in [0.5, 0.6) is 11.5 Å². The molecule has 1 aliphatic carbocycles. The number of nitrogens with zero attached hydrogens (tertiary/aromatic N) is 4. The van der Waals surface area contributed by atoms with E-state index in [4.69, 9.17) is 4.74 Å². The number of carbonyl (C=O) groups excluding carboxylic acids is 2. The van der Waals surface area contributed by atoms with Crippen molar-refractivity contribution in [1.82, 2.24) is 25.1 Å². The largest absolute Gasteiger partial charge is 0.506 e. The van der Waals surface area contributed by atoms with Gasteiger partial charge in [-0.3, -0.25) is 24.5 Å². The van der Waals surface area contributed by atoms with Crippen LogP contribution in [0.15, 0.2) is 36.7 Å². The van der Waals surface area contributed by atoms with Crippen molar-refractivity contribution < 1.29 is 24.5 Å². The van der Waals surface area contributed by atoms with Gasteiger partial charge in [-0.15, -0.1) is 0 Å². The Labute approximate surface area is 242 Å². The summed E-state index contributed by atoms with van der Waals surface area (Å²) in [6.07, 6.45) is 10.8. The van der Waals surface area contributed by atoms with Crippen LogP contribution >= 0.6 is 0 Å². The Morgan fingerprint density at radius 2 is 1.73 bits per heavy atom. The maximum Gasteiger partial charge on any atom is 0.246 e. The molecule has 1 spiro atoms. The summed E-state index contributed by atoms with van der Waals surface area (Å²) in [5.74, 6) is 0.647. The van der Waals surface area contributed by atoms with Gasteiger partial charge in [0.15, 0.2) is 0 Å². The smallest absolute Gasteiger partial charge is 0.246 e. The van der Waals surface area contributed by atoms with E-state index in [9.17, 15) is 19.8 Å². The molecule has 222 valence electrons. The van der Waals surface area contributed by atoms with Crippen LogP contribution in [0.4, 0.5) is 0 Å². The highest BCUT2D eigenvalue weighted by Gasteiger charge is 2.54. The van der Waals surface area contributed by atoms with Gasteiger partial charge in [-0.25, -0.2) is 0 Å². The third kappa shape index (κ3) is 6.81. The number of likely N-dealkylation sites (tertiary alicyclic amines) is 1. The summed E-state index contributed by atoms with van der Waals surface area (Å²) in [6, 6.07) is 6.46. The molecule has 2 aromatic heterocycles. The van der Waals surface area contributed by atoms with Crippen LogP contribution in [0.25, 0.3) is 0 Å². The number of piperidine rings is 1. The molecular weight excluding hydrogens is 522 g/mol. The number of amides is 2. The SMILES string of the molecule is CCCCN1C(=O)[C@@H](CC2(O)CCCCC2)NC(=O)C12CCN(Cc1ccc(OCc3ccc(O)cn3)cn1)CC2. The van der Waals surface area contributed by atoms with Crippen molar-refractivity contribution in [2.75, 3.05) is 19.6 Å². The molecule has 0 radical (unpaired) electrons. The lowest BCUT2D eigenvalue weighted by atomic mass is 9.77. The molecule has 1 atom stereocenters. The number of aromatic hydroxyl groups is 1. The van der Waals surface area contributed by atoms with Crippen molar-refractivity contribution in [1.29, 1.82) is 0 Å². The fourth-order valence-corrected chi connectivity index (χ4v) is 6.51. The number of ether oxygens (including phenoxy) is 1. The summed E-state index contributed by atoms with van der Waals surface area (Å²) in [7, 11) is 0. The number of rotatable bonds is 10. The highest BCUT2D eigenvalue weighted by atomic mass is 16.5. The minimum Gasteiger partial charge on any atom is -0.506 e. The molecule has 2 aromatic rings. The molecule has 3 aliphatic rings. The second-order valence-corrected chi connectivity index (χ2v) is 11.9. The molecule has 4 heterocycles. The van der Waals surface area contributed by atoms with Crippen molar-refractivity contribution in [3.63, 3.8) is 0 Å². The first kappa shape index (κ1) is 29.3. The zero-order chi connectivity index (χ0) is 28.9. The van der Waals surface area contributed by atoms with Gasteiger partial charge in [0, 0.05) is 32.6 Å². The number of nitrogens with one attached hydrogen (secondary N) is 1. The molecule has 0 unspecified atom stereocenters. The van der Waals surface area contributed by atoms with Gasteiger partial charge in [0.25, 0.3) is 0 Å². The van der Waals surface area contributed by atoms with Crippen LogP contribution in [0.1, 0.15) is 82.5 Å². The van der Waals surface area contributed by atoms with E-state index in [1.807, 2.05) is 17.0 Å². The van der Waals surface area contributed by atoms with Crippen molar-refractivity contribution in [2.24, 2.45) is 0 Å². The highest BCUT2D eigenvalue weighted by molar-refractivity contribution is 6.00. The van der Waals surface area contributed by atoms with Crippen molar-refractivity contribution >= 4 is 11.8 Å². The lowest BCUT2D eigenvalue weighted by Crippen LogP contribution is -2.73. The predicted molar refractivity (Wildman–Crippen MR) is 153 cm³/mol. The van der Waals surface area contributed by atoms with Crippen molar-refractivity contribution in [3.8, 4) is 11.5 Å². The molecule has 1 saturated carbocycles. The van der Waals surface area contributed by atoms with Crippen molar-refractivity contribution in [2.45, 2.75) is 101 Å². The van der Waals surface area contributed by atoms with E-state index < -0.39 is 17.2 Å². The second-order valence-electron chi connectivity index (χ2n) is 11.9. The van der Waals surface area contributed by atoms with Gasteiger partial charge in [-0.2, -0.15) is 0 Å². The van der Waals surface area contributed by atoms with Gasteiger partial charge in [-0.1, -0.05) is 32.6 Å². The first-order chi connectivity index (χ1) is 19.8. The van der Waals surface area contributed by atoms with Gasteiger partial charge in [0.1, 0.15) is 29.7 Å². The van der Waals surface area contributed by atoms with Crippen LogP contribution in [0, 0.1) is 0 Å². The molecule has 0 aromatic carbocycles. The Kier molecular flexibility index (Phi) is 9.09. The zero-order valence-corrected chi connectivity index (χ0v) is 24.1. The van der Waals surface area contributed by atoms with Gasteiger partial charge in [-0.05, 0) is 56.4 Å². The van der Waals surface area contributed by atoms with Gasteiger partial charge >= 0.3 is 0 Å². The molecule has 3 fully saturated rings. The summed E-state index contributed by atoms with van der Waals surface area (Å²) >= 11 is 0. The van der Waals surface area contributed by atoms with E-state index in [-0.39, 0.29) is 24.2 Å². The van der Waals surface area contributed by atoms with E-state index in [1.165, 1.54) is 6.20 Å². The third-order valence-electron chi connectivity index (χ3n) is 8.97. The molecule has 5 rings (SSSR count). The number of hydrogen-bond acceptors (Lipinski definition) is 8. The van der Waals surface area contributed by atoms with Crippen LogP contribution in [0.2, 0.25) is 0 Å². The maximum atomic E-state index is 13.8. The van der Waals surface area contributed by atoms with Gasteiger partial charge in [0.05, 0.1) is 29.4 Å². The Morgan fingerprint density at radius 1 is 1.00 bits per heavy atom. The van der Waals surface area contributed by atoms with Crippen LogP contribution in [-0.2, 0) is 22.7 Å². The van der Waals surface area contributed by atoms with E-state index in [1.54, 1.807) is 18.3 Å². The number of unbranched alkanes of at least 4 members (excludes halogenated alkanes) is 1. The third-order valence-corrected chi connectivity index (χ3v) is 8.97. The molecule has 2 saturated heterocycles. The maximum absolute atomic E-state index is 13.8. The average molecular weight is 566 g/mol. The first-order valence-electron chi connectivity index (χ1n) is 15.1. The Hall–Kier alpha value is -3.24. The standard InChI is InChI=1S/C31H43N5O5/c1-2-3-15-36-28(38)27(18-30(40)11-5-4-6-12-30)34-29(39)31(36)13-16-35(17-14-31)21-23-8-10-26(20-33-23)41-22-24-7-9-25(37)19-32-24/h7-10,19-20,27,37,40H,2-6,11-18,21-22H2,1H3,(H,34,39)/t27-/m1/s1. The number of carbonyl (C=O) groups is 2. The Bertz CT molecular complexity index is 1170. The summed E-state index contributed by atoms with van der Waals surface area (Å²) in [4.78, 5) is 40.3.